The van der Waals surface area contributed by atoms with Crippen LogP contribution >= 0.6 is 0 Å². The summed E-state index contributed by atoms with van der Waals surface area (Å²) in [4.78, 5) is 0. The zero-order chi connectivity index (χ0) is 12.8. The van der Waals surface area contributed by atoms with Gasteiger partial charge in [0.05, 0.1) is 0 Å². The average Bonchev–Trinajstić information content (AvgIpc) is 3.00. The minimum atomic E-state index is 0.436. The predicted molar refractivity (Wildman–Crippen MR) is 80.2 cm³/mol. The first-order valence-corrected chi connectivity index (χ1v) is 6.90. The number of hydrogen-bond donors (Lipinski definition) is 0. The monoisotopic (exact) mass is 244 g/mol. The Morgan fingerprint density at radius 3 is 1.95 bits per heavy atom. The van der Waals surface area contributed by atoms with Crippen molar-refractivity contribution in [2.24, 2.45) is 0 Å². The van der Waals surface area contributed by atoms with Gasteiger partial charge in [-0.25, -0.2) is 0 Å². The molecule has 0 unspecified atom stereocenters. The number of benzene rings is 2. The van der Waals surface area contributed by atoms with Gasteiger partial charge in [-0.3, -0.25) is 0 Å². The molecule has 2 aromatic carbocycles. The summed E-state index contributed by atoms with van der Waals surface area (Å²) in [6.07, 6.45) is 5.71. The lowest BCUT2D eigenvalue weighted by atomic mass is 9.88. The molecule has 0 fully saturated rings. The summed E-state index contributed by atoms with van der Waals surface area (Å²) in [6.45, 7) is 2.26. The molecule has 0 amide bonds. The van der Waals surface area contributed by atoms with Crippen LogP contribution in [0.3, 0.4) is 0 Å². The maximum absolute atomic E-state index is 2.32. The van der Waals surface area contributed by atoms with Crippen LogP contribution < -0.4 is 0 Å². The largest absolute Gasteiger partial charge is 0.0802 e. The van der Waals surface area contributed by atoms with E-state index in [1.54, 1.807) is 0 Å². The Morgan fingerprint density at radius 1 is 0.842 bits per heavy atom. The van der Waals surface area contributed by atoms with Gasteiger partial charge in [0, 0.05) is 5.92 Å². The van der Waals surface area contributed by atoms with Crippen molar-refractivity contribution in [2.75, 3.05) is 0 Å². The molecule has 0 aliphatic heterocycles. The maximum atomic E-state index is 2.32. The van der Waals surface area contributed by atoms with E-state index in [1.807, 2.05) is 0 Å². The van der Waals surface area contributed by atoms with Crippen LogP contribution in [0.4, 0.5) is 0 Å². The second-order valence-corrected chi connectivity index (χ2v) is 5.45. The average molecular weight is 244 g/mol. The Morgan fingerprint density at radius 2 is 1.42 bits per heavy atom. The van der Waals surface area contributed by atoms with E-state index in [2.05, 4.69) is 67.6 Å². The molecule has 0 radical (unpaired) electrons. The van der Waals surface area contributed by atoms with Gasteiger partial charge < -0.3 is 0 Å². The Balaban J connectivity index is 2.02. The molecular formula is C19H16. The molecule has 0 aromatic heterocycles. The van der Waals surface area contributed by atoms with E-state index in [1.165, 1.54) is 33.4 Å². The molecule has 0 spiro atoms. The van der Waals surface area contributed by atoms with Crippen molar-refractivity contribution in [3.8, 4) is 11.1 Å². The lowest BCUT2D eigenvalue weighted by Crippen LogP contribution is -1.99. The van der Waals surface area contributed by atoms with Gasteiger partial charge in [0.15, 0.2) is 0 Å². The third-order valence-corrected chi connectivity index (χ3v) is 4.36. The summed E-state index contributed by atoms with van der Waals surface area (Å²) >= 11 is 0. The number of hydrogen-bond acceptors (Lipinski definition) is 0. The number of rotatable bonds is 1. The number of fused-ring (bicyclic) bond motifs is 3. The molecule has 0 saturated carbocycles. The zero-order valence-electron chi connectivity index (χ0n) is 11.1. The fourth-order valence-electron chi connectivity index (χ4n) is 3.46. The molecule has 0 saturated heterocycles. The van der Waals surface area contributed by atoms with Crippen molar-refractivity contribution in [3.63, 3.8) is 0 Å². The third kappa shape index (κ3) is 1.46. The molecule has 19 heavy (non-hydrogen) atoms. The van der Waals surface area contributed by atoms with Crippen LogP contribution in [0.25, 0.3) is 11.1 Å². The van der Waals surface area contributed by atoms with Gasteiger partial charge in [-0.1, -0.05) is 66.3 Å². The zero-order valence-corrected chi connectivity index (χ0v) is 11.1. The van der Waals surface area contributed by atoms with Crippen LogP contribution in [-0.2, 0) is 0 Å². The third-order valence-electron chi connectivity index (χ3n) is 4.36. The summed E-state index contributed by atoms with van der Waals surface area (Å²) in [6, 6.07) is 17.7. The fourth-order valence-corrected chi connectivity index (χ4v) is 3.46. The molecule has 2 aliphatic rings. The quantitative estimate of drug-likeness (QED) is 0.656. The summed E-state index contributed by atoms with van der Waals surface area (Å²) in [7, 11) is 0. The molecule has 2 aliphatic carbocycles. The van der Waals surface area contributed by atoms with Crippen LogP contribution in [-0.4, -0.2) is 0 Å². The van der Waals surface area contributed by atoms with E-state index in [0.717, 1.165) is 6.42 Å². The molecule has 4 rings (SSSR count). The minimum Gasteiger partial charge on any atom is -0.0802 e. The lowest BCUT2D eigenvalue weighted by molar-refractivity contribution is 0.992. The number of allylic oxidation sites excluding steroid dienone is 4. The highest BCUT2D eigenvalue weighted by atomic mass is 14.3. The fraction of sp³-hybridized carbons (Fsp3) is 0.158. The summed E-state index contributed by atoms with van der Waals surface area (Å²) in [5, 5.41) is 0. The SMILES string of the molecule is CC1=C(C2c3ccccc3-c3ccccc32)C=CC1. The molecular weight excluding hydrogens is 228 g/mol. The second-order valence-electron chi connectivity index (χ2n) is 5.45. The van der Waals surface area contributed by atoms with Crippen molar-refractivity contribution in [1.82, 2.24) is 0 Å². The van der Waals surface area contributed by atoms with Crippen molar-refractivity contribution >= 4 is 0 Å². The van der Waals surface area contributed by atoms with E-state index >= 15 is 0 Å². The molecule has 2 aromatic rings. The first-order valence-electron chi connectivity index (χ1n) is 6.90. The smallest absolute Gasteiger partial charge is 0.0351 e. The van der Waals surface area contributed by atoms with Gasteiger partial charge >= 0.3 is 0 Å². The van der Waals surface area contributed by atoms with E-state index in [4.69, 9.17) is 0 Å². The Kier molecular flexibility index (Phi) is 2.25. The summed E-state index contributed by atoms with van der Waals surface area (Å²) in [5.74, 6) is 0.436. The molecule has 0 heteroatoms. The molecule has 0 atom stereocenters. The van der Waals surface area contributed by atoms with Gasteiger partial charge in [-0.2, -0.15) is 0 Å². The maximum Gasteiger partial charge on any atom is 0.0351 e. The molecule has 0 N–H and O–H groups in total. The van der Waals surface area contributed by atoms with E-state index < -0.39 is 0 Å². The Hall–Kier alpha value is -2.08. The van der Waals surface area contributed by atoms with Crippen molar-refractivity contribution in [1.29, 1.82) is 0 Å². The summed E-state index contributed by atoms with van der Waals surface area (Å²) < 4.78 is 0. The second kappa shape index (κ2) is 3.96. The molecule has 0 nitrogen and oxygen atoms in total. The highest BCUT2D eigenvalue weighted by molar-refractivity contribution is 5.81. The molecule has 0 bridgehead atoms. The highest BCUT2D eigenvalue weighted by Gasteiger charge is 2.31. The van der Waals surface area contributed by atoms with Crippen LogP contribution in [0.2, 0.25) is 0 Å². The van der Waals surface area contributed by atoms with Gasteiger partial charge in [-0.05, 0) is 41.2 Å². The summed E-state index contributed by atoms with van der Waals surface area (Å²) in [5.41, 5.74) is 8.75. The van der Waals surface area contributed by atoms with Crippen molar-refractivity contribution < 1.29 is 0 Å². The van der Waals surface area contributed by atoms with E-state index in [9.17, 15) is 0 Å². The van der Waals surface area contributed by atoms with Gasteiger partial charge in [-0.15, -0.1) is 0 Å². The molecule has 92 valence electrons. The van der Waals surface area contributed by atoms with Crippen LogP contribution in [0, 0.1) is 0 Å². The predicted octanol–water partition coefficient (Wildman–Crippen LogP) is 5.08. The van der Waals surface area contributed by atoms with Gasteiger partial charge in [0.1, 0.15) is 0 Å². The topological polar surface area (TPSA) is 0 Å². The van der Waals surface area contributed by atoms with E-state index in [0.29, 0.717) is 5.92 Å². The first-order chi connectivity index (χ1) is 9.36. The van der Waals surface area contributed by atoms with Crippen molar-refractivity contribution in [3.05, 3.63) is 83.0 Å². The van der Waals surface area contributed by atoms with Crippen LogP contribution in [0.1, 0.15) is 30.4 Å². The van der Waals surface area contributed by atoms with E-state index in [-0.39, 0.29) is 0 Å². The minimum absolute atomic E-state index is 0.436. The highest BCUT2D eigenvalue weighted by Crippen LogP contribution is 2.49. The van der Waals surface area contributed by atoms with Crippen LogP contribution in [0.5, 0.6) is 0 Å². The Bertz CT molecular complexity index is 671. The van der Waals surface area contributed by atoms with Crippen LogP contribution in [0.15, 0.2) is 71.8 Å². The Labute approximate surface area is 114 Å². The first kappa shape index (κ1) is 10.8. The van der Waals surface area contributed by atoms with Crippen molar-refractivity contribution in [2.45, 2.75) is 19.3 Å². The van der Waals surface area contributed by atoms with Gasteiger partial charge in [0.25, 0.3) is 0 Å². The normalized spacial score (nSPS) is 16.9. The van der Waals surface area contributed by atoms with Gasteiger partial charge in [0.2, 0.25) is 0 Å². The molecule has 0 heterocycles. The standard InChI is InChI=1S/C19H16/c1-13-7-6-12-14(13)19-17-10-4-2-8-15(17)16-9-3-5-11-18(16)19/h2-6,8-12,19H,7H2,1H3. The lowest BCUT2D eigenvalue weighted by Gasteiger charge is -2.15.